The number of Topliss-reactive ketones (excluding diaryl/α,β-unsaturated/α-hetero) is 1. The summed E-state index contributed by atoms with van der Waals surface area (Å²) in [6, 6.07) is 19.0. The number of rotatable bonds is 4. The van der Waals surface area contributed by atoms with E-state index in [1.165, 1.54) is 0 Å². The third-order valence-corrected chi connectivity index (χ3v) is 5.39. The van der Waals surface area contributed by atoms with Gasteiger partial charge in [-0.05, 0) is 53.8 Å². The average Bonchev–Trinajstić information content (AvgIpc) is 3.22. The van der Waals surface area contributed by atoms with Crippen LogP contribution in [0.4, 0.5) is 0 Å². The summed E-state index contributed by atoms with van der Waals surface area (Å²) in [6.45, 7) is -0.0704. The first-order valence-corrected chi connectivity index (χ1v) is 9.42. The number of benzene rings is 3. The molecular weight excluding hydrogens is 352 g/mol. The second-order valence-electron chi connectivity index (χ2n) is 7.13. The number of aryl methyl sites for hydroxylation is 1. The monoisotopic (exact) mass is 370 g/mol. The summed E-state index contributed by atoms with van der Waals surface area (Å²) in [5.74, 6) is 0.420. The van der Waals surface area contributed by atoms with Gasteiger partial charge in [0.1, 0.15) is 11.3 Å². The second kappa shape index (κ2) is 6.64. The molecule has 1 aliphatic rings. The van der Waals surface area contributed by atoms with Gasteiger partial charge >= 0.3 is 5.63 Å². The normalized spacial score (nSPS) is 13.0. The van der Waals surface area contributed by atoms with E-state index in [0.717, 1.165) is 46.5 Å². The lowest BCUT2D eigenvalue weighted by atomic mass is 10.0. The van der Waals surface area contributed by atoms with E-state index in [1.807, 2.05) is 54.6 Å². The number of ether oxygens (including phenoxy) is 1. The molecule has 0 aliphatic heterocycles. The predicted octanol–water partition coefficient (Wildman–Crippen LogP) is 4.70. The first-order chi connectivity index (χ1) is 13.7. The molecule has 138 valence electrons. The fourth-order valence-electron chi connectivity index (χ4n) is 3.95. The van der Waals surface area contributed by atoms with Crippen LogP contribution in [0.5, 0.6) is 5.75 Å². The van der Waals surface area contributed by atoms with Crippen molar-refractivity contribution in [1.29, 1.82) is 0 Å². The van der Waals surface area contributed by atoms with Gasteiger partial charge in [0.2, 0.25) is 0 Å². The van der Waals surface area contributed by atoms with Gasteiger partial charge in [0.05, 0.1) is 0 Å². The molecule has 0 N–H and O–H groups in total. The molecule has 5 rings (SSSR count). The quantitative estimate of drug-likeness (QED) is 0.386. The lowest BCUT2D eigenvalue weighted by Crippen LogP contribution is -2.11. The maximum atomic E-state index is 12.5. The van der Waals surface area contributed by atoms with Crippen LogP contribution in [0.3, 0.4) is 0 Å². The fourth-order valence-corrected chi connectivity index (χ4v) is 3.95. The number of carbonyl (C=O) groups excluding carboxylic acids is 1. The molecule has 0 radical (unpaired) electrons. The summed E-state index contributed by atoms with van der Waals surface area (Å²) in [6.07, 6.45) is 2.67. The molecule has 0 saturated heterocycles. The lowest BCUT2D eigenvalue weighted by molar-refractivity contribution is 0.0921. The van der Waals surface area contributed by atoms with Gasteiger partial charge in [-0.15, -0.1) is 0 Å². The van der Waals surface area contributed by atoms with Crippen molar-refractivity contribution in [3.63, 3.8) is 0 Å². The number of fused-ring (bicyclic) bond motifs is 4. The average molecular weight is 370 g/mol. The zero-order valence-electron chi connectivity index (χ0n) is 15.2. The zero-order chi connectivity index (χ0) is 19.1. The number of ketones is 1. The Balaban J connectivity index is 1.38. The fraction of sp³-hybridized carbons (Fsp3) is 0.167. The summed E-state index contributed by atoms with van der Waals surface area (Å²) in [5, 5.41) is 3.08. The topological polar surface area (TPSA) is 56.5 Å². The maximum absolute atomic E-state index is 12.5. The summed E-state index contributed by atoms with van der Waals surface area (Å²) in [7, 11) is 0. The molecule has 0 unspecified atom stereocenters. The highest BCUT2D eigenvalue weighted by atomic mass is 16.5. The molecule has 28 heavy (non-hydrogen) atoms. The van der Waals surface area contributed by atoms with Crippen LogP contribution in [0.2, 0.25) is 0 Å². The largest absolute Gasteiger partial charge is 0.485 e. The Bertz CT molecular complexity index is 1280. The molecule has 0 fully saturated rings. The van der Waals surface area contributed by atoms with Crippen molar-refractivity contribution in [3.8, 4) is 5.75 Å². The van der Waals surface area contributed by atoms with Crippen molar-refractivity contribution in [1.82, 2.24) is 0 Å². The smallest absolute Gasteiger partial charge is 0.339 e. The van der Waals surface area contributed by atoms with Crippen LogP contribution in [0.15, 0.2) is 69.9 Å². The summed E-state index contributed by atoms with van der Waals surface area (Å²) >= 11 is 0. The minimum absolute atomic E-state index is 0.0704. The molecule has 1 aromatic heterocycles. The Labute approximate surface area is 161 Å². The van der Waals surface area contributed by atoms with Gasteiger partial charge in [-0.2, -0.15) is 0 Å². The predicted molar refractivity (Wildman–Crippen MR) is 108 cm³/mol. The van der Waals surface area contributed by atoms with Crippen LogP contribution >= 0.6 is 0 Å². The molecule has 0 amide bonds. The Hall–Kier alpha value is -3.40. The molecule has 3 aromatic carbocycles. The molecule has 0 atom stereocenters. The van der Waals surface area contributed by atoms with Crippen molar-refractivity contribution in [2.75, 3.05) is 6.61 Å². The second-order valence-corrected chi connectivity index (χ2v) is 7.13. The Morgan fingerprint density at radius 2 is 1.75 bits per heavy atom. The van der Waals surface area contributed by atoms with Gasteiger partial charge in [-0.3, -0.25) is 4.79 Å². The highest BCUT2D eigenvalue weighted by Gasteiger charge is 2.19. The third-order valence-electron chi connectivity index (χ3n) is 5.39. The molecule has 4 heteroatoms. The van der Waals surface area contributed by atoms with Crippen LogP contribution in [-0.4, -0.2) is 12.4 Å². The van der Waals surface area contributed by atoms with Crippen LogP contribution < -0.4 is 10.4 Å². The van der Waals surface area contributed by atoms with E-state index < -0.39 is 0 Å². The van der Waals surface area contributed by atoms with E-state index >= 15 is 0 Å². The number of hydrogen-bond donors (Lipinski definition) is 0. The van der Waals surface area contributed by atoms with Crippen LogP contribution in [0.25, 0.3) is 21.7 Å². The standard InChI is InChI=1S/C24H18O4/c25-22(17-9-8-15-4-1-2-5-16(15)12-17)14-27-18-10-11-20-19-6-3-7-21(19)24(26)28-23(20)13-18/h1-2,4-5,8-13H,3,6-7,14H2. The number of carbonyl (C=O) groups is 1. The third kappa shape index (κ3) is 2.87. The van der Waals surface area contributed by atoms with Crippen molar-refractivity contribution in [2.45, 2.75) is 19.3 Å². The van der Waals surface area contributed by atoms with Gasteiger partial charge < -0.3 is 9.15 Å². The van der Waals surface area contributed by atoms with E-state index in [1.54, 1.807) is 6.07 Å². The van der Waals surface area contributed by atoms with E-state index in [4.69, 9.17) is 9.15 Å². The summed E-state index contributed by atoms with van der Waals surface area (Å²) in [5.41, 5.74) is 2.76. The molecule has 0 bridgehead atoms. The molecule has 0 saturated carbocycles. The van der Waals surface area contributed by atoms with E-state index in [9.17, 15) is 9.59 Å². The van der Waals surface area contributed by atoms with Crippen molar-refractivity contribution in [2.24, 2.45) is 0 Å². The van der Waals surface area contributed by atoms with Crippen molar-refractivity contribution in [3.05, 3.63) is 87.8 Å². The maximum Gasteiger partial charge on any atom is 0.339 e. The lowest BCUT2D eigenvalue weighted by Gasteiger charge is -2.09. The molecule has 4 nitrogen and oxygen atoms in total. The first-order valence-electron chi connectivity index (χ1n) is 9.42. The molecule has 1 aliphatic carbocycles. The highest BCUT2D eigenvalue weighted by Crippen LogP contribution is 2.29. The summed E-state index contributed by atoms with van der Waals surface area (Å²) in [4.78, 5) is 24.7. The highest BCUT2D eigenvalue weighted by molar-refractivity contribution is 6.00. The Morgan fingerprint density at radius 3 is 2.64 bits per heavy atom. The Morgan fingerprint density at radius 1 is 0.929 bits per heavy atom. The molecular formula is C24H18O4. The van der Waals surface area contributed by atoms with Gasteiger partial charge in [0, 0.05) is 22.6 Å². The minimum Gasteiger partial charge on any atom is -0.485 e. The van der Waals surface area contributed by atoms with Crippen molar-refractivity contribution < 1.29 is 13.9 Å². The zero-order valence-corrected chi connectivity index (χ0v) is 15.2. The van der Waals surface area contributed by atoms with E-state index in [-0.39, 0.29) is 18.0 Å². The van der Waals surface area contributed by atoms with Gasteiger partial charge in [0.25, 0.3) is 0 Å². The van der Waals surface area contributed by atoms with Gasteiger partial charge in [-0.1, -0.05) is 36.4 Å². The van der Waals surface area contributed by atoms with Crippen LogP contribution in [-0.2, 0) is 12.8 Å². The van der Waals surface area contributed by atoms with Gasteiger partial charge in [0.15, 0.2) is 12.4 Å². The van der Waals surface area contributed by atoms with Gasteiger partial charge in [-0.25, -0.2) is 4.79 Å². The van der Waals surface area contributed by atoms with E-state index in [0.29, 0.717) is 16.9 Å². The minimum atomic E-state index is -0.260. The van der Waals surface area contributed by atoms with Crippen LogP contribution in [0.1, 0.15) is 27.9 Å². The van der Waals surface area contributed by atoms with Crippen molar-refractivity contribution >= 4 is 27.5 Å². The SMILES string of the molecule is O=C(COc1ccc2c3c(c(=O)oc2c1)CCC3)c1ccc2ccccc2c1. The number of hydrogen-bond acceptors (Lipinski definition) is 4. The summed E-state index contributed by atoms with van der Waals surface area (Å²) < 4.78 is 11.2. The molecule has 0 spiro atoms. The first kappa shape index (κ1) is 16.8. The van der Waals surface area contributed by atoms with E-state index in [2.05, 4.69) is 0 Å². The van der Waals surface area contributed by atoms with Crippen LogP contribution in [0, 0.1) is 0 Å². The molecule has 1 heterocycles. The molecule has 4 aromatic rings. The Kier molecular flexibility index (Phi) is 3.97.